The standard InChI is InChI=1S/C17H18N2O3/c20-17(19-12-14-5-7-18-8-6-14)4-2-13-1-3-15-16(11-13)22-10-9-21-15/h1,3,5-8,11H,2,4,9-10,12H2,(H,19,20). The number of ether oxygens (including phenoxy) is 2. The van der Waals surface area contributed by atoms with E-state index < -0.39 is 0 Å². The van der Waals surface area contributed by atoms with E-state index in [1.54, 1.807) is 12.4 Å². The maximum Gasteiger partial charge on any atom is 0.220 e. The highest BCUT2D eigenvalue weighted by atomic mass is 16.6. The topological polar surface area (TPSA) is 60.5 Å². The molecule has 5 nitrogen and oxygen atoms in total. The summed E-state index contributed by atoms with van der Waals surface area (Å²) in [5, 5.41) is 2.91. The minimum atomic E-state index is 0.0340. The second-order valence-corrected chi connectivity index (χ2v) is 5.11. The molecule has 22 heavy (non-hydrogen) atoms. The minimum absolute atomic E-state index is 0.0340. The molecular weight excluding hydrogens is 280 g/mol. The number of aromatic nitrogens is 1. The molecule has 0 bridgehead atoms. The van der Waals surface area contributed by atoms with E-state index in [0.717, 1.165) is 22.6 Å². The van der Waals surface area contributed by atoms with Gasteiger partial charge in [-0.05, 0) is 41.8 Å². The lowest BCUT2D eigenvalue weighted by atomic mass is 10.1. The summed E-state index contributed by atoms with van der Waals surface area (Å²) in [6.45, 7) is 1.69. The zero-order chi connectivity index (χ0) is 15.2. The molecule has 0 saturated carbocycles. The lowest BCUT2D eigenvalue weighted by Crippen LogP contribution is -2.23. The number of rotatable bonds is 5. The molecule has 2 heterocycles. The van der Waals surface area contributed by atoms with Crippen LogP contribution in [0.15, 0.2) is 42.7 Å². The minimum Gasteiger partial charge on any atom is -0.486 e. The lowest BCUT2D eigenvalue weighted by Gasteiger charge is -2.18. The highest BCUT2D eigenvalue weighted by Gasteiger charge is 2.12. The molecule has 0 unspecified atom stereocenters. The van der Waals surface area contributed by atoms with Gasteiger partial charge in [0, 0.05) is 25.4 Å². The van der Waals surface area contributed by atoms with Crippen molar-refractivity contribution in [2.24, 2.45) is 0 Å². The van der Waals surface area contributed by atoms with Gasteiger partial charge in [0.05, 0.1) is 0 Å². The molecule has 1 amide bonds. The van der Waals surface area contributed by atoms with E-state index in [4.69, 9.17) is 9.47 Å². The number of carbonyl (C=O) groups is 1. The first-order valence-corrected chi connectivity index (χ1v) is 7.35. The third-order valence-electron chi connectivity index (χ3n) is 3.49. The average Bonchev–Trinajstić information content (AvgIpc) is 2.59. The highest BCUT2D eigenvalue weighted by Crippen LogP contribution is 2.30. The number of aryl methyl sites for hydroxylation is 1. The Bertz CT molecular complexity index is 644. The summed E-state index contributed by atoms with van der Waals surface area (Å²) < 4.78 is 11.0. The van der Waals surface area contributed by atoms with Crippen molar-refractivity contribution in [2.75, 3.05) is 13.2 Å². The first-order valence-electron chi connectivity index (χ1n) is 7.35. The van der Waals surface area contributed by atoms with E-state index in [-0.39, 0.29) is 5.91 Å². The predicted octanol–water partition coefficient (Wildman–Crippen LogP) is 2.10. The predicted molar refractivity (Wildman–Crippen MR) is 81.8 cm³/mol. The summed E-state index contributed by atoms with van der Waals surface area (Å²) in [7, 11) is 0. The summed E-state index contributed by atoms with van der Waals surface area (Å²) in [6, 6.07) is 9.61. The third-order valence-corrected chi connectivity index (χ3v) is 3.49. The van der Waals surface area contributed by atoms with Crippen molar-refractivity contribution in [1.29, 1.82) is 0 Å². The summed E-state index contributed by atoms with van der Waals surface area (Å²) >= 11 is 0. The van der Waals surface area contributed by atoms with Gasteiger partial charge in [-0.2, -0.15) is 0 Å². The van der Waals surface area contributed by atoms with Gasteiger partial charge in [-0.15, -0.1) is 0 Å². The van der Waals surface area contributed by atoms with Crippen LogP contribution in [0.25, 0.3) is 0 Å². The van der Waals surface area contributed by atoms with Crippen molar-refractivity contribution in [3.8, 4) is 11.5 Å². The first-order chi connectivity index (χ1) is 10.8. The molecule has 0 spiro atoms. The maximum atomic E-state index is 11.9. The van der Waals surface area contributed by atoms with Gasteiger partial charge in [0.25, 0.3) is 0 Å². The molecule has 114 valence electrons. The molecule has 0 radical (unpaired) electrons. The largest absolute Gasteiger partial charge is 0.486 e. The van der Waals surface area contributed by atoms with Crippen LogP contribution < -0.4 is 14.8 Å². The molecule has 1 aromatic carbocycles. The second-order valence-electron chi connectivity index (χ2n) is 5.11. The van der Waals surface area contributed by atoms with Gasteiger partial charge in [0.1, 0.15) is 13.2 Å². The monoisotopic (exact) mass is 298 g/mol. The molecule has 0 saturated heterocycles. The first kappa shape index (κ1) is 14.4. The number of benzene rings is 1. The Kier molecular flexibility index (Phi) is 4.53. The van der Waals surface area contributed by atoms with E-state index in [1.807, 2.05) is 30.3 Å². The Labute approximate surface area is 129 Å². The number of carbonyl (C=O) groups excluding carboxylic acids is 1. The molecule has 1 aromatic heterocycles. The summed E-state index contributed by atoms with van der Waals surface area (Å²) in [4.78, 5) is 15.8. The Hall–Kier alpha value is -2.56. The number of hydrogen-bond donors (Lipinski definition) is 1. The van der Waals surface area contributed by atoms with E-state index in [1.165, 1.54) is 0 Å². The summed E-state index contributed by atoms with van der Waals surface area (Å²) in [6.07, 6.45) is 4.57. The fraction of sp³-hybridized carbons (Fsp3) is 0.294. The van der Waals surface area contributed by atoms with Crippen LogP contribution in [0.3, 0.4) is 0 Å². The SMILES string of the molecule is O=C(CCc1ccc2c(c1)OCCO2)NCc1ccncc1. The molecule has 0 aliphatic carbocycles. The number of amides is 1. The Balaban J connectivity index is 1.48. The number of nitrogens with one attached hydrogen (secondary N) is 1. The van der Waals surface area contributed by atoms with Gasteiger partial charge in [0.2, 0.25) is 5.91 Å². The lowest BCUT2D eigenvalue weighted by molar-refractivity contribution is -0.121. The van der Waals surface area contributed by atoms with Crippen molar-refractivity contribution in [1.82, 2.24) is 10.3 Å². The molecule has 1 N–H and O–H groups in total. The van der Waals surface area contributed by atoms with Gasteiger partial charge in [-0.1, -0.05) is 6.07 Å². The molecule has 3 rings (SSSR count). The molecule has 5 heteroatoms. The number of fused-ring (bicyclic) bond motifs is 1. The zero-order valence-corrected chi connectivity index (χ0v) is 12.2. The van der Waals surface area contributed by atoms with Crippen LogP contribution in [0.1, 0.15) is 17.5 Å². The summed E-state index contributed by atoms with van der Waals surface area (Å²) in [5.41, 5.74) is 2.12. The van der Waals surface area contributed by atoms with Crippen molar-refractivity contribution in [3.05, 3.63) is 53.9 Å². The van der Waals surface area contributed by atoms with Crippen molar-refractivity contribution in [2.45, 2.75) is 19.4 Å². The number of nitrogens with zero attached hydrogens (tertiary/aromatic N) is 1. The molecule has 2 aromatic rings. The van der Waals surface area contributed by atoms with Gasteiger partial charge >= 0.3 is 0 Å². The zero-order valence-electron chi connectivity index (χ0n) is 12.2. The Morgan fingerprint density at radius 2 is 1.82 bits per heavy atom. The number of hydrogen-bond acceptors (Lipinski definition) is 4. The van der Waals surface area contributed by atoms with Gasteiger partial charge in [0.15, 0.2) is 11.5 Å². The fourth-order valence-electron chi connectivity index (χ4n) is 2.29. The van der Waals surface area contributed by atoms with Crippen LogP contribution >= 0.6 is 0 Å². The molecule has 0 atom stereocenters. The van der Waals surface area contributed by atoms with Crippen LogP contribution in [0.5, 0.6) is 11.5 Å². The van der Waals surface area contributed by atoms with Crippen LogP contribution in [-0.4, -0.2) is 24.1 Å². The van der Waals surface area contributed by atoms with E-state index in [9.17, 15) is 4.79 Å². The van der Waals surface area contributed by atoms with Crippen LogP contribution in [0, 0.1) is 0 Å². The van der Waals surface area contributed by atoms with Crippen LogP contribution in [0.4, 0.5) is 0 Å². The maximum absolute atomic E-state index is 11.9. The van der Waals surface area contributed by atoms with Crippen LogP contribution in [0.2, 0.25) is 0 Å². The second kappa shape index (κ2) is 6.93. The smallest absolute Gasteiger partial charge is 0.220 e. The Morgan fingerprint density at radius 3 is 2.64 bits per heavy atom. The quantitative estimate of drug-likeness (QED) is 0.918. The van der Waals surface area contributed by atoms with Crippen molar-refractivity contribution < 1.29 is 14.3 Å². The number of pyridine rings is 1. The molecular formula is C17H18N2O3. The van der Waals surface area contributed by atoms with Gasteiger partial charge in [-0.25, -0.2) is 0 Å². The normalized spacial score (nSPS) is 12.7. The highest BCUT2D eigenvalue weighted by molar-refractivity contribution is 5.76. The molecule has 1 aliphatic rings. The van der Waals surface area contributed by atoms with Crippen LogP contribution in [-0.2, 0) is 17.8 Å². The van der Waals surface area contributed by atoms with E-state index in [2.05, 4.69) is 10.3 Å². The molecule has 0 fully saturated rings. The Morgan fingerprint density at radius 1 is 1.05 bits per heavy atom. The van der Waals surface area contributed by atoms with Gasteiger partial charge < -0.3 is 14.8 Å². The van der Waals surface area contributed by atoms with Crippen molar-refractivity contribution in [3.63, 3.8) is 0 Å². The van der Waals surface area contributed by atoms with E-state index in [0.29, 0.717) is 32.6 Å². The fourth-order valence-corrected chi connectivity index (χ4v) is 2.29. The average molecular weight is 298 g/mol. The van der Waals surface area contributed by atoms with Crippen molar-refractivity contribution >= 4 is 5.91 Å². The van der Waals surface area contributed by atoms with Gasteiger partial charge in [-0.3, -0.25) is 9.78 Å². The molecule has 1 aliphatic heterocycles. The third kappa shape index (κ3) is 3.75. The van der Waals surface area contributed by atoms with E-state index >= 15 is 0 Å². The summed E-state index contributed by atoms with van der Waals surface area (Å²) in [5.74, 6) is 1.57.